The molecular formula is C25H28N6. The molecule has 0 saturated heterocycles. The molecule has 6 heteroatoms. The Bertz CT molecular complexity index is 1140. The van der Waals surface area contributed by atoms with Gasteiger partial charge in [-0.25, -0.2) is 5.10 Å². The number of rotatable bonds is 6. The topological polar surface area (TPSA) is 85.4 Å². The molecule has 6 nitrogen and oxygen atoms in total. The highest BCUT2D eigenvalue weighted by Crippen LogP contribution is 2.38. The molecule has 3 heterocycles. The third-order valence-corrected chi connectivity index (χ3v) is 6.40. The fourth-order valence-corrected chi connectivity index (χ4v) is 4.78. The van der Waals surface area contributed by atoms with Crippen molar-refractivity contribution in [2.75, 3.05) is 0 Å². The monoisotopic (exact) mass is 412 g/mol. The lowest BCUT2D eigenvalue weighted by atomic mass is 9.91. The highest BCUT2D eigenvalue weighted by molar-refractivity contribution is 5.80. The first-order valence-electron chi connectivity index (χ1n) is 11.1. The molecule has 0 fully saturated rings. The molecule has 3 N–H and O–H groups in total. The predicted molar refractivity (Wildman–Crippen MR) is 122 cm³/mol. The number of nitrogens with zero attached hydrogens (tertiary/aromatic N) is 4. The molecule has 0 spiro atoms. The van der Waals surface area contributed by atoms with Crippen LogP contribution in [-0.2, 0) is 6.42 Å². The van der Waals surface area contributed by atoms with Crippen molar-refractivity contribution in [1.82, 2.24) is 25.2 Å². The molecular weight excluding hydrogens is 384 g/mol. The van der Waals surface area contributed by atoms with E-state index in [2.05, 4.69) is 74.6 Å². The van der Waals surface area contributed by atoms with E-state index in [1.165, 1.54) is 29.8 Å². The third-order valence-electron chi connectivity index (χ3n) is 6.40. The Balaban J connectivity index is 1.49. The van der Waals surface area contributed by atoms with Gasteiger partial charge in [-0.3, -0.25) is 0 Å². The lowest BCUT2D eigenvalue weighted by Crippen LogP contribution is -2.27. The van der Waals surface area contributed by atoms with E-state index in [0.717, 1.165) is 36.0 Å². The van der Waals surface area contributed by atoms with Crippen LogP contribution in [0.1, 0.15) is 61.6 Å². The minimum Gasteiger partial charge on any atom is -0.340 e. The van der Waals surface area contributed by atoms with E-state index in [0.29, 0.717) is 11.9 Å². The summed E-state index contributed by atoms with van der Waals surface area (Å²) in [6, 6.07) is 22.1. The molecule has 0 amide bonds. The molecule has 31 heavy (non-hydrogen) atoms. The van der Waals surface area contributed by atoms with Crippen molar-refractivity contribution in [1.29, 1.82) is 0 Å². The van der Waals surface area contributed by atoms with Crippen LogP contribution in [-0.4, -0.2) is 25.2 Å². The molecule has 2 aromatic heterocycles. The standard InChI is InChI=1S/C25H28N6/c1-2-3-6-19-13-15-24-22(26)14-16-23(31(19)24)18-11-9-17(10-12-18)20-7-4-5-8-21(20)25-27-29-30-28-25/h4-5,7-13,15,22-23H,2-3,6,14,16,26H2,1H3,(H,27,28,29,30). The summed E-state index contributed by atoms with van der Waals surface area (Å²) in [4.78, 5) is 0. The number of hydrogen-bond donors (Lipinski definition) is 2. The third kappa shape index (κ3) is 3.68. The van der Waals surface area contributed by atoms with E-state index in [4.69, 9.17) is 5.73 Å². The van der Waals surface area contributed by atoms with Crippen molar-refractivity contribution in [3.05, 3.63) is 77.6 Å². The molecule has 0 radical (unpaired) electrons. The molecule has 158 valence electrons. The first-order valence-corrected chi connectivity index (χ1v) is 11.1. The van der Waals surface area contributed by atoms with Crippen LogP contribution in [0.4, 0.5) is 0 Å². The van der Waals surface area contributed by atoms with Crippen LogP contribution in [0, 0.1) is 0 Å². The SMILES string of the molecule is CCCCc1ccc2n1C(c1ccc(-c3ccccc3-c3nnn[nH]3)cc1)CCC2N. The summed E-state index contributed by atoms with van der Waals surface area (Å²) in [6.45, 7) is 2.24. The molecule has 2 aromatic carbocycles. The minimum absolute atomic E-state index is 0.133. The Morgan fingerprint density at radius 2 is 1.81 bits per heavy atom. The van der Waals surface area contributed by atoms with Gasteiger partial charge < -0.3 is 10.3 Å². The van der Waals surface area contributed by atoms with Gasteiger partial charge in [0.15, 0.2) is 5.82 Å². The van der Waals surface area contributed by atoms with E-state index < -0.39 is 0 Å². The van der Waals surface area contributed by atoms with Crippen LogP contribution in [0.25, 0.3) is 22.5 Å². The number of aromatic amines is 1. The van der Waals surface area contributed by atoms with E-state index in [-0.39, 0.29) is 6.04 Å². The lowest BCUT2D eigenvalue weighted by Gasteiger charge is -2.32. The summed E-state index contributed by atoms with van der Waals surface area (Å²) in [6.07, 6.45) is 5.60. The number of fused-ring (bicyclic) bond motifs is 1. The Morgan fingerprint density at radius 1 is 1.00 bits per heavy atom. The first kappa shape index (κ1) is 19.7. The van der Waals surface area contributed by atoms with Crippen LogP contribution in [0.2, 0.25) is 0 Å². The van der Waals surface area contributed by atoms with Crippen LogP contribution in [0.3, 0.4) is 0 Å². The Labute approximate surface area is 182 Å². The van der Waals surface area contributed by atoms with Gasteiger partial charge in [-0.05, 0) is 64.9 Å². The molecule has 1 aliphatic rings. The molecule has 4 aromatic rings. The number of hydrogen-bond acceptors (Lipinski definition) is 4. The summed E-state index contributed by atoms with van der Waals surface area (Å²) in [5.74, 6) is 0.679. The smallest absolute Gasteiger partial charge is 0.180 e. The molecule has 2 atom stereocenters. The molecule has 5 rings (SSSR count). The lowest BCUT2D eigenvalue weighted by molar-refractivity contribution is 0.398. The quantitative estimate of drug-likeness (QED) is 0.463. The number of H-pyrrole nitrogens is 1. The zero-order valence-electron chi connectivity index (χ0n) is 17.8. The minimum atomic E-state index is 0.133. The average Bonchev–Trinajstić information content (AvgIpc) is 3.49. The molecule has 0 saturated carbocycles. The van der Waals surface area contributed by atoms with Crippen LogP contribution >= 0.6 is 0 Å². The van der Waals surface area contributed by atoms with E-state index >= 15 is 0 Å². The van der Waals surface area contributed by atoms with Crippen molar-refractivity contribution >= 4 is 0 Å². The van der Waals surface area contributed by atoms with Crippen molar-refractivity contribution < 1.29 is 0 Å². The van der Waals surface area contributed by atoms with Gasteiger partial charge in [0, 0.05) is 23.0 Å². The highest BCUT2D eigenvalue weighted by atomic mass is 15.5. The van der Waals surface area contributed by atoms with Crippen LogP contribution in [0.15, 0.2) is 60.7 Å². The van der Waals surface area contributed by atoms with E-state index in [9.17, 15) is 0 Å². The number of unbranched alkanes of at least 4 members (excludes halogenated alkanes) is 1. The summed E-state index contributed by atoms with van der Waals surface area (Å²) in [7, 11) is 0. The molecule has 1 aliphatic heterocycles. The maximum atomic E-state index is 6.45. The summed E-state index contributed by atoms with van der Waals surface area (Å²) in [5.41, 5.74) is 13.7. The highest BCUT2D eigenvalue weighted by Gasteiger charge is 2.27. The number of benzene rings is 2. The van der Waals surface area contributed by atoms with Gasteiger partial charge in [-0.2, -0.15) is 0 Å². The maximum Gasteiger partial charge on any atom is 0.180 e. The molecule has 0 bridgehead atoms. The van der Waals surface area contributed by atoms with Gasteiger partial charge in [0.2, 0.25) is 0 Å². The zero-order chi connectivity index (χ0) is 21.2. The number of nitrogens with one attached hydrogen (secondary N) is 1. The Kier molecular flexibility index (Phi) is 5.38. The van der Waals surface area contributed by atoms with Gasteiger partial charge in [-0.15, -0.1) is 5.10 Å². The number of aryl methyl sites for hydroxylation is 1. The molecule has 0 aliphatic carbocycles. The number of aromatic nitrogens is 5. The largest absolute Gasteiger partial charge is 0.340 e. The number of tetrazole rings is 1. The second-order valence-corrected chi connectivity index (χ2v) is 8.34. The Morgan fingerprint density at radius 3 is 2.55 bits per heavy atom. The van der Waals surface area contributed by atoms with Crippen LogP contribution in [0.5, 0.6) is 0 Å². The number of nitrogens with two attached hydrogens (primary N) is 1. The van der Waals surface area contributed by atoms with Crippen molar-refractivity contribution in [3.8, 4) is 22.5 Å². The first-order chi connectivity index (χ1) is 15.3. The molecule has 2 unspecified atom stereocenters. The summed E-state index contributed by atoms with van der Waals surface area (Å²) in [5, 5.41) is 14.4. The van der Waals surface area contributed by atoms with Gasteiger partial charge >= 0.3 is 0 Å². The van der Waals surface area contributed by atoms with Gasteiger partial charge in [0.25, 0.3) is 0 Å². The summed E-state index contributed by atoms with van der Waals surface area (Å²) >= 11 is 0. The van der Waals surface area contributed by atoms with Gasteiger partial charge in [0.05, 0.1) is 6.04 Å². The van der Waals surface area contributed by atoms with E-state index in [1.807, 2.05) is 18.2 Å². The zero-order valence-corrected chi connectivity index (χ0v) is 17.8. The maximum absolute atomic E-state index is 6.45. The van der Waals surface area contributed by atoms with Crippen LogP contribution < -0.4 is 5.73 Å². The van der Waals surface area contributed by atoms with Gasteiger partial charge in [-0.1, -0.05) is 61.9 Å². The fourth-order valence-electron chi connectivity index (χ4n) is 4.78. The van der Waals surface area contributed by atoms with E-state index in [1.54, 1.807) is 0 Å². The summed E-state index contributed by atoms with van der Waals surface area (Å²) < 4.78 is 2.51. The second kappa shape index (κ2) is 8.47. The second-order valence-electron chi connectivity index (χ2n) is 8.34. The van der Waals surface area contributed by atoms with Crippen molar-refractivity contribution in [2.24, 2.45) is 5.73 Å². The van der Waals surface area contributed by atoms with Crippen molar-refractivity contribution in [3.63, 3.8) is 0 Å². The Hall–Kier alpha value is -3.25. The normalized spacial score (nSPS) is 18.1. The van der Waals surface area contributed by atoms with Gasteiger partial charge in [0.1, 0.15) is 0 Å². The average molecular weight is 413 g/mol. The predicted octanol–water partition coefficient (Wildman–Crippen LogP) is 5.06. The fraction of sp³-hybridized carbons (Fsp3) is 0.320. The van der Waals surface area contributed by atoms with Crippen molar-refractivity contribution in [2.45, 2.75) is 51.1 Å².